The zero-order chi connectivity index (χ0) is 12.3. The number of hydrogen-bond donors (Lipinski definition) is 1. The van der Waals surface area contributed by atoms with Crippen LogP contribution >= 0.6 is 0 Å². The summed E-state index contributed by atoms with van der Waals surface area (Å²) in [6.07, 6.45) is 4.24. The number of hydrogen-bond acceptors (Lipinski definition) is 3. The number of amides is 1. The summed E-state index contributed by atoms with van der Waals surface area (Å²) < 4.78 is 0. The molecule has 1 aliphatic heterocycles. The van der Waals surface area contributed by atoms with Gasteiger partial charge in [-0.15, -0.1) is 0 Å². The second-order valence-electron chi connectivity index (χ2n) is 4.71. The Morgan fingerprint density at radius 1 is 1.65 bits per heavy atom. The molecule has 1 aromatic rings. The Morgan fingerprint density at radius 2 is 2.47 bits per heavy atom. The molecule has 0 saturated carbocycles. The van der Waals surface area contributed by atoms with E-state index < -0.39 is 0 Å². The van der Waals surface area contributed by atoms with E-state index in [4.69, 9.17) is 0 Å². The van der Waals surface area contributed by atoms with Crippen LogP contribution in [0.4, 0.5) is 0 Å². The molecular weight excluding hydrogens is 216 g/mol. The summed E-state index contributed by atoms with van der Waals surface area (Å²) in [4.78, 5) is 17.9. The minimum Gasteiger partial charge on any atom is -0.393 e. The molecule has 4 heteroatoms. The van der Waals surface area contributed by atoms with E-state index in [2.05, 4.69) is 4.98 Å². The molecule has 17 heavy (non-hydrogen) atoms. The molecule has 1 amide bonds. The second-order valence-corrected chi connectivity index (χ2v) is 4.71. The summed E-state index contributed by atoms with van der Waals surface area (Å²) in [5.41, 5.74) is 0.941. The number of carbonyl (C=O) groups is 1. The Balaban J connectivity index is 1.93. The second kappa shape index (κ2) is 5.27. The minimum absolute atomic E-state index is 0.122. The van der Waals surface area contributed by atoms with Crippen molar-refractivity contribution >= 4 is 5.91 Å². The van der Waals surface area contributed by atoms with Crippen molar-refractivity contribution in [1.82, 2.24) is 9.88 Å². The zero-order valence-electron chi connectivity index (χ0n) is 10.0. The maximum absolute atomic E-state index is 12.0. The number of pyridine rings is 1. The van der Waals surface area contributed by atoms with Gasteiger partial charge in [-0.25, -0.2) is 0 Å². The first-order chi connectivity index (χ1) is 8.16. The molecule has 0 spiro atoms. The standard InChI is InChI=1S/C13H18N2O2/c1-10-9-15(6-4-12(10)16)13(17)7-11-3-2-5-14-8-11/h2-3,5,8,10,12,16H,4,6-7,9H2,1H3. The van der Waals surface area contributed by atoms with E-state index in [9.17, 15) is 9.90 Å². The Labute approximate surface area is 101 Å². The van der Waals surface area contributed by atoms with E-state index in [-0.39, 0.29) is 17.9 Å². The van der Waals surface area contributed by atoms with Gasteiger partial charge in [0, 0.05) is 25.5 Å². The highest BCUT2D eigenvalue weighted by atomic mass is 16.3. The fourth-order valence-electron chi connectivity index (χ4n) is 2.15. The zero-order valence-corrected chi connectivity index (χ0v) is 10.0. The maximum Gasteiger partial charge on any atom is 0.227 e. The molecule has 2 unspecified atom stereocenters. The van der Waals surface area contributed by atoms with E-state index in [0.717, 1.165) is 5.56 Å². The Bertz CT molecular complexity index is 380. The average molecular weight is 234 g/mol. The number of nitrogens with zero attached hydrogens (tertiary/aromatic N) is 2. The van der Waals surface area contributed by atoms with E-state index >= 15 is 0 Å². The molecule has 0 aliphatic carbocycles. The van der Waals surface area contributed by atoms with Crippen molar-refractivity contribution in [2.75, 3.05) is 13.1 Å². The van der Waals surface area contributed by atoms with Crippen molar-refractivity contribution in [3.63, 3.8) is 0 Å². The fraction of sp³-hybridized carbons (Fsp3) is 0.538. The Kier molecular flexibility index (Phi) is 3.74. The van der Waals surface area contributed by atoms with E-state index in [1.165, 1.54) is 0 Å². The molecule has 2 rings (SSSR count). The van der Waals surface area contributed by atoms with Crippen LogP contribution in [0.15, 0.2) is 24.5 Å². The van der Waals surface area contributed by atoms with Gasteiger partial charge in [0.25, 0.3) is 0 Å². The molecule has 92 valence electrons. The topological polar surface area (TPSA) is 53.4 Å². The van der Waals surface area contributed by atoms with Crippen LogP contribution in [0.3, 0.4) is 0 Å². The van der Waals surface area contributed by atoms with Gasteiger partial charge in [0.1, 0.15) is 0 Å². The van der Waals surface area contributed by atoms with Crippen LogP contribution in [0.1, 0.15) is 18.9 Å². The van der Waals surface area contributed by atoms with Gasteiger partial charge < -0.3 is 10.0 Å². The van der Waals surface area contributed by atoms with E-state index in [1.807, 2.05) is 24.0 Å². The van der Waals surface area contributed by atoms with Gasteiger partial charge in [0.15, 0.2) is 0 Å². The molecule has 4 nitrogen and oxygen atoms in total. The number of rotatable bonds is 2. The molecule has 1 aromatic heterocycles. The molecule has 0 aromatic carbocycles. The summed E-state index contributed by atoms with van der Waals surface area (Å²) in [7, 11) is 0. The molecule has 1 saturated heterocycles. The quantitative estimate of drug-likeness (QED) is 0.825. The van der Waals surface area contributed by atoms with E-state index in [1.54, 1.807) is 12.4 Å². The van der Waals surface area contributed by atoms with Gasteiger partial charge in [-0.05, 0) is 24.0 Å². The number of carbonyl (C=O) groups excluding carboxylic acids is 1. The predicted molar refractivity (Wildman–Crippen MR) is 64.3 cm³/mol. The van der Waals surface area contributed by atoms with Crippen LogP contribution in [0.2, 0.25) is 0 Å². The largest absolute Gasteiger partial charge is 0.393 e. The Morgan fingerprint density at radius 3 is 3.12 bits per heavy atom. The summed E-state index contributed by atoms with van der Waals surface area (Å²) >= 11 is 0. The highest BCUT2D eigenvalue weighted by Crippen LogP contribution is 2.17. The van der Waals surface area contributed by atoms with Crippen molar-refractivity contribution in [2.24, 2.45) is 5.92 Å². The van der Waals surface area contributed by atoms with Crippen molar-refractivity contribution < 1.29 is 9.90 Å². The first kappa shape index (κ1) is 12.0. The van der Waals surface area contributed by atoms with Crippen molar-refractivity contribution in [2.45, 2.75) is 25.9 Å². The molecule has 1 fully saturated rings. The van der Waals surface area contributed by atoms with Crippen LogP contribution in [0, 0.1) is 5.92 Å². The Hall–Kier alpha value is -1.42. The van der Waals surface area contributed by atoms with Gasteiger partial charge in [-0.1, -0.05) is 13.0 Å². The minimum atomic E-state index is -0.266. The van der Waals surface area contributed by atoms with Crippen LogP contribution < -0.4 is 0 Å². The molecule has 1 aliphatic rings. The van der Waals surface area contributed by atoms with Gasteiger partial charge in [0.05, 0.1) is 12.5 Å². The maximum atomic E-state index is 12.0. The third kappa shape index (κ3) is 3.03. The monoisotopic (exact) mass is 234 g/mol. The van der Waals surface area contributed by atoms with Gasteiger partial charge >= 0.3 is 0 Å². The smallest absolute Gasteiger partial charge is 0.227 e. The lowest BCUT2D eigenvalue weighted by atomic mass is 9.96. The van der Waals surface area contributed by atoms with Crippen molar-refractivity contribution in [3.05, 3.63) is 30.1 Å². The highest BCUT2D eigenvalue weighted by Gasteiger charge is 2.26. The van der Waals surface area contributed by atoms with Crippen LogP contribution in [-0.2, 0) is 11.2 Å². The molecule has 2 atom stereocenters. The van der Waals surface area contributed by atoms with Crippen molar-refractivity contribution in [1.29, 1.82) is 0 Å². The molecule has 0 radical (unpaired) electrons. The first-order valence-corrected chi connectivity index (χ1v) is 6.01. The number of piperidine rings is 1. The molecule has 0 bridgehead atoms. The first-order valence-electron chi connectivity index (χ1n) is 6.01. The van der Waals surface area contributed by atoms with Crippen LogP contribution in [0.5, 0.6) is 0 Å². The SMILES string of the molecule is CC1CN(C(=O)Cc2cccnc2)CCC1O. The molecule has 1 N–H and O–H groups in total. The number of likely N-dealkylation sites (tertiary alicyclic amines) is 1. The number of aromatic nitrogens is 1. The van der Waals surface area contributed by atoms with E-state index in [0.29, 0.717) is 25.9 Å². The summed E-state index contributed by atoms with van der Waals surface area (Å²) in [5, 5.41) is 9.62. The lowest BCUT2D eigenvalue weighted by molar-refractivity contribution is -0.133. The van der Waals surface area contributed by atoms with Crippen LogP contribution in [-0.4, -0.2) is 40.1 Å². The highest BCUT2D eigenvalue weighted by molar-refractivity contribution is 5.78. The van der Waals surface area contributed by atoms with Gasteiger partial charge in [-0.2, -0.15) is 0 Å². The lowest BCUT2D eigenvalue weighted by Crippen LogP contribution is -2.45. The number of aliphatic hydroxyl groups excluding tert-OH is 1. The molecule has 2 heterocycles. The summed E-state index contributed by atoms with van der Waals surface area (Å²) in [5.74, 6) is 0.290. The molecular formula is C13H18N2O2. The van der Waals surface area contributed by atoms with Gasteiger partial charge in [0.2, 0.25) is 5.91 Å². The van der Waals surface area contributed by atoms with Crippen LogP contribution in [0.25, 0.3) is 0 Å². The summed E-state index contributed by atoms with van der Waals surface area (Å²) in [6.45, 7) is 3.29. The van der Waals surface area contributed by atoms with Gasteiger partial charge in [-0.3, -0.25) is 9.78 Å². The number of aliphatic hydroxyl groups is 1. The third-order valence-electron chi connectivity index (χ3n) is 3.29. The lowest BCUT2D eigenvalue weighted by Gasteiger charge is -2.34. The predicted octanol–water partition coefficient (Wildman–Crippen LogP) is 0.853. The average Bonchev–Trinajstić information content (AvgIpc) is 2.34. The van der Waals surface area contributed by atoms with Crippen molar-refractivity contribution in [3.8, 4) is 0 Å². The fourth-order valence-corrected chi connectivity index (χ4v) is 2.15. The summed E-state index contributed by atoms with van der Waals surface area (Å²) in [6, 6.07) is 3.75. The normalized spacial score (nSPS) is 24.7. The third-order valence-corrected chi connectivity index (χ3v) is 3.29.